The molecular formula is C70H89N9O12. The summed E-state index contributed by atoms with van der Waals surface area (Å²) in [6, 6.07) is 62.5. The van der Waals surface area contributed by atoms with Crippen molar-refractivity contribution in [1.82, 2.24) is 10.6 Å². The zero-order valence-corrected chi connectivity index (χ0v) is 50.6. The molecule has 0 radical (unpaired) electrons. The molecular weight excluding hydrogens is 1160 g/mol. The van der Waals surface area contributed by atoms with Crippen LogP contribution in [-0.4, -0.2) is 104 Å². The van der Waals surface area contributed by atoms with E-state index in [2.05, 4.69) is 54.2 Å². The Hall–Kier alpha value is -10.6. The predicted molar refractivity (Wildman–Crippen MR) is 365 cm³/mol. The van der Waals surface area contributed by atoms with Crippen molar-refractivity contribution in [3.8, 4) is 11.5 Å². The van der Waals surface area contributed by atoms with Crippen molar-refractivity contribution in [3.63, 3.8) is 0 Å². The fourth-order valence-corrected chi connectivity index (χ4v) is 7.37. The standard InChI is InChI=1S/C22H20N2O3.C19H24N4O4.C17H18N2O3.C6H6O.C3H9N.CH4O.2CH4/c1-16(25)23-19-11-7-17(8-12-19)15-18-9-13-20(14-10-18)24-22(26)27-21-5-3-2-4-6-21;24-11-9-20-18(26)22-16-5-1-14(2-6-16)13-15-3-7-17(8-4-15)23-19(27)21-10-12-25;1-12(20)18-15-7-3-13(4-8-15)11-14-5-9-16(10-6-14)19-17(21)22-2;7-6-4-2-1-3-5-6;1-2-3-4;1-2;;/h2-14H,15H2,1H3,(H,23,25)(H,24,26);1-8,24-25H,9-13H2,(H2,20,22,26)(H2,21,23,27);3-10H,11H2,1-2H3,(H,18,20)(H,19,21);1-5,7H;2-4H2,1H3;2H,1H3;2*1H4. The molecule has 8 aromatic carbocycles. The van der Waals surface area contributed by atoms with Crippen LogP contribution in [0.5, 0.6) is 11.5 Å². The first kappa shape index (κ1) is 78.4. The summed E-state index contributed by atoms with van der Waals surface area (Å²) >= 11 is 0. The first-order valence-corrected chi connectivity index (χ1v) is 28.2. The first-order valence-electron chi connectivity index (χ1n) is 28.2. The number of rotatable bonds is 18. The number of aliphatic hydroxyl groups excluding tert-OH is 3. The number of phenolic OH excluding ortho intramolecular Hbond substituents is 1. The van der Waals surface area contributed by atoms with E-state index in [0.29, 0.717) is 40.7 Å². The van der Waals surface area contributed by atoms with Gasteiger partial charge in [0.05, 0.1) is 20.3 Å². The molecule has 0 atom stereocenters. The highest BCUT2D eigenvalue weighted by Gasteiger charge is 2.08. The van der Waals surface area contributed by atoms with E-state index in [1.54, 1.807) is 48.5 Å². The van der Waals surface area contributed by atoms with Gasteiger partial charge in [-0.3, -0.25) is 20.2 Å². The highest BCUT2D eigenvalue weighted by Crippen LogP contribution is 2.20. The van der Waals surface area contributed by atoms with Gasteiger partial charge in [0, 0.05) is 68.2 Å². The number of aromatic hydroxyl groups is 1. The number of hydrogen-bond acceptors (Lipinski definition) is 13. The number of phenols is 1. The number of hydrogen-bond donors (Lipinski definition) is 13. The second kappa shape index (κ2) is 46.6. The molecule has 21 nitrogen and oxygen atoms in total. The summed E-state index contributed by atoms with van der Waals surface area (Å²) in [4.78, 5) is 68.1. The molecule has 0 aliphatic carbocycles. The summed E-state index contributed by atoms with van der Waals surface area (Å²) in [7, 11) is 2.33. The number of ether oxygens (including phenoxy) is 2. The second-order valence-electron chi connectivity index (χ2n) is 18.9. The lowest BCUT2D eigenvalue weighted by Gasteiger charge is -2.09. The summed E-state index contributed by atoms with van der Waals surface area (Å²) in [5.41, 5.74) is 16.0. The number of urea groups is 2. The van der Waals surface area contributed by atoms with E-state index < -0.39 is 12.2 Å². The molecule has 0 saturated carbocycles. The highest BCUT2D eigenvalue weighted by molar-refractivity contribution is 5.91. The number of nitrogens with one attached hydrogen (secondary N) is 8. The third kappa shape index (κ3) is 35.1. The van der Waals surface area contributed by atoms with Gasteiger partial charge in [0.1, 0.15) is 11.5 Å². The Labute approximate surface area is 534 Å². The van der Waals surface area contributed by atoms with Crippen molar-refractivity contribution >= 4 is 70.2 Å². The monoisotopic (exact) mass is 1250 g/mol. The van der Waals surface area contributed by atoms with Crippen LogP contribution in [0.4, 0.5) is 53.3 Å². The van der Waals surface area contributed by atoms with Crippen LogP contribution in [0.25, 0.3) is 0 Å². The van der Waals surface area contributed by atoms with Gasteiger partial charge in [-0.05, 0) is 163 Å². The van der Waals surface area contributed by atoms with Crippen molar-refractivity contribution in [2.45, 2.75) is 61.3 Å². The number of amides is 8. The Bertz CT molecular complexity index is 3220. The molecule has 0 heterocycles. The molecule has 0 saturated heterocycles. The van der Waals surface area contributed by atoms with Gasteiger partial charge in [-0.15, -0.1) is 0 Å². The minimum absolute atomic E-state index is 0. The average Bonchev–Trinajstić information content (AvgIpc) is 3.64. The van der Waals surface area contributed by atoms with Crippen LogP contribution in [0.2, 0.25) is 0 Å². The third-order valence-electron chi connectivity index (χ3n) is 11.6. The maximum Gasteiger partial charge on any atom is 0.417 e. The van der Waals surface area contributed by atoms with Gasteiger partial charge in [0.2, 0.25) is 11.8 Å². The van der Waals surface area contributed by atoms with Gasteiger partial charge in [0.15, 0.2) is 0 Å². The molecule has 0 bridgehead atoms. The lowest BCUT2D eigenvalue weighted by molar-refractivity contribution is -0.115. The van der Waals surface area contributed by atoms with E-state index in [1.807, 2.05) is 158 Å². The van der Waals surface area contributed by atoms with E-state index in [0.717, 1.165) is 77.7 Å². The maximum atomic E-state index is 11.9. The average molecular weight is 1250 g/mol. The number of anilines is 6. The van der Waals surface area contributed by atoms with E-state index in [4.69, 9.17) is 30.9 Å². The van der Waals surface area contributed by atoms with Crippen LogP contribution in [0, 0.1) is 0 Å². The first-order chi connectivity index (χ1) is 43.1. The van der Waals surface area contributed by atoms with Gasteiger partial charge in [-0.2, -0.15) is 0 Å². The van der Waals surface area contributed by atoms with E-state index in [-0.39, 0.29) is 65.0 Å². The van der Waals surface area contributed by atoms with Gasteiger partial charge < -0.3 is 67.5 Å². The molecule has 0 unspecified atom stereocenters. The summed E-state index contributed by atoms with van der Waals surface area (Å²) in [5.74, 6) is 0.648. The van der Waals surface area contributed by atoms with Crippen LogP contribution in [0.3, 0.4) is 0 Å². The Morgan fingerprint density at radius 2 is 0.670 bits per heavy atom. The lowest BCUT2D eigenvalue weighted by Crippen LogP contribution is -2.30. The van der Waals surface area contributed by atoms with Crippen LogP contribution >= 0.6 is 0 Å². The zero-order valence-electron chi connectivity index (χ0n) is 50.6. The number of carbonyl (C=O) groups is 6. The number of carbonyl (C=O) groups excluding carboxylic acids is 6. The van der Waals surface area contributed by atoms with Crippen molar-refractivity contribution in [1.29, 1.82) is 0 Å². The topological polar surface area (TPSA) is 324 Å². The van der Waals surface area contributed by atoms with E-state index >= 15 is 0 Å². The second-order valence-corrected chi connectivity index (χ2v) is 18.9. The normalized spacial score (nSPS) is 9.46. The number of benzene rings is 8. The molecule has 0 aromatic heterocycles. The smallest absolute Gasteiger partial charge is 0.417 e. The third-order valence-corrected chi connectivity index (χ3v) is 11.6. The Kier molecular flexibility index (Phi) is 40.1. The SMILES string of the molecule is C.C.CC(=O)Nc1ccc(Cc2ccc(NC(=O)Oc3ccccc3)cc2)cc1.CCCN.CO.COC(=O)Nc1ccc(Cc2ccc(NC(C)=O)cc2)cc1.O=C(NCCO)Nc1ccc(Cc2ccc(NC(=O)NCCO)cc2)cc1.Oc1ccccc1. The lowest BCUT2D eigenvalue weighted by atomic mass is 10.0. The van der Waals surface area contributed by atoms with Crippen LogP contribution < -0.4 is 53.0 Å². The number of methoxy groups -OCH3 is 1. The summed E-state index contributed by atoms with van der Waals surface area (Å²) in [6.07, 6.45) is 2.34. The molecule has 8 rings (SSSR count). The van der Waals surface area contributed by atoms with Gasteiger partial charge in [0.25, 0.3) is 0 Å². The number of nitrogens with two attached hydrogens (primary N) is 1. The molecule has 8 aromatic rings. The van der Waals surface area contributed by atoms with Gasteiger partial charge in [-0.25, -0.2) is 19.2 Å². The van der Waals surface area contributed by atoms with Gasteiger partial charge >= 0.3 is 24.2 Å². The fourth-order valence-electron chi connectivity index (χ4n) is 7.37. The highest BCUT2D eigenvalue weighted by atomic mass is 16.6. The molecule has 91 heavy (non-hydrogen) atoms. The van der Waals surface area contributed by atoms with Crippen molar-refractivity contribution in [3.05, 3.63) is 240 Å². The quantitative estimate of drug-likeness (QED) is 0.0380. The molecule has 0 fully saturated rings. The van der Waals surface area contributed by atoms with Crippen LogP contribution in [0.15, 0.2) is 206 Å². The van der Waals surface area contributed by atoms with Gasteiger partial charge in [-0.1, -0.05) is 131 Å². The maximum absolute atomic E-state index is 11.9. The minimum Gasteiger partial charge on any atom is -0.508 e. The molecule has 14 N–H and O–H groups in total. The number of para-hydroxylation sites is 2. The van der Waals surface area contributed by atoms with Crippen LogP contribution in [0.1, 0.15) is 75.4 Å². The number of aliphatic hydroxyl groups is 3. The van der Waals surface area contributed by atoms with Crippen LogP contribution in [-0.2, 0) is 33.6 Å². The molecule has 0 spiro atoms. The molecule has 0 aliphatic heterocycles. The molecule has 0 aliphatic rings. The summed E-state index contributed by atoms with van der Waals surface area (Å²) in [5, 5.41) is 54.2. The zero-order chi connectivity index (χ0) is 65.0. The molecule has 486 valence electrons. The van der Waals surface area contributed by atoms with E-state index in [1.165, 1.54) is 21.0 Å². The Morgan fingerprint density at radius 1 is 0.407 bits per heavy atom. The summed E-state index contributed by atoms with van der Waals surface area (Å²) < 4.78 is 9.74. The van der Waals surface area contributed by atoms with Crippen molar-refractivity contribution in [2.24, 2.45) is 5.73 Å². The predicted octanol–water partition coefficient (Wildman–Crippen LogP) is 12.4. The Morgan fingerprint density at radius 3 is 0.912 bits per heavy atom. The summed E-state index contributed by atoms with van der Waals surface area (Å²) in [6.45, 7) is 6.05. The van der Waals surface area contributed by atoms with Crippen molar-refractivity contribution < 1.29 is 58.7 Å². The fraction of sp³-hybridized carbons (Fsp3) is 0.229. The largest absolute Gasteiger partial charge is 0.508 e. The molecule has 21 heteroatoms. The van der Waals surface area contributed by atoms with Crippen molar-refractivity contribution in [2.75, 3.05) is 79.0 Å². The minimum atomic E-state index is -0.525. The Balaban J connectivity index is 0.000000616. The molecule has 8 amide bonds. The van der Waals surface area contributed by atoms with E-state index in [9.17, 15) is 28.8 Å².